The van der Waals surface area contributed by atoms with Gasteiger partial charge in [-0.05, 0) is 79.7 Å². The van der Waals surface area contributed by atoms with Crippen LogP contribution in [0.2, 0.25) is 0 Å². The first-order chi connectivity index (χ1) is 25.7. The van der Waals surface area contributed by atoms with Gasteiger partial charge in [0.05, 0.1) is 5.41 Å². The van der Waals surface area contributed by atoms with Crippen molar-refractivity contribution < 1.29 is 4.74 Å². The molecular weight excluding hydrogens is 635 g/mol. The first-order valence-electron chi connectivity index (χ1n) is 17.8. The van der Waals surface area contributed by atoms with Gasteiger partial charge in [-0.3, -0.25) is 0 Å². The van der Waals surface area contributed by atoms with Gasteiger partial charge >= 0.3 is 0 Å². The van der Waals surface area contributed by atoms with Gasteiger partial charge in [0.15, 0.2) is 5.84 Å². The summed E-state index contributed by atoms with van der Waals surface area (Å²) in [6.45, 7) is 0. The highest BCUT2D eigenvalue weighted by Crippen LogP contribution is 2.62. The molecule has 0 fully saturated rings. The Hall–Kier alpha value is -6.78. The lowest BCUT2D eigenvalue weighted by Gasteiger charge is -2.39. The second kappa shape index (κ2) is 11.1. The third kappa shape index (κ3) is 4.21. The predicted octanol–water partition coefficient (Wildman–Crippen LogP) is 11.0. The molecule has 2 heterocycles. The van der Waals surface area contributed by atoms with Crippen LogP contribution in [0, 0.1) is 0 Å². The van der Waals surface area contributed by atoms with Crippen molar-refractivity contribution in [1.82, 2.24) is 5.32 Å². The average molecular weight is 666 g/mol. The molecule has 8 aromatic rings. The standard InChI is InChI=1S/C48H31N3O/c1-3-13-32-27-34(23-21-30(32)11-1)45-49-46(35-24-22-31-12-2-4-14-33(31)28-35)51-47(50-45)36-25-26-38-37-15-5-6-16-39(37)48(42(38)29-36)40-17-7-9-19-43(40)52-44-20-10-8-18-41(44)48/h1-29,45H,(H,49,50,51). The fourth-order valence-electron chi connectivity index (χ4n) is 8.60. The Morgan fingerprint density at radius 1 is 0.462 bits per heavy atom. The smallest absolute Gasteiger partial charge is 0.159 e. The van der Waals surface area contributed by atoms with E-state index in [1.165, 1.54) is 38.4 Å². The van der Waals surface area contributed by atoms with Crippen LogP contribution in [-0.2, 0) is 5.41 Å². The maximum absolute atomic E-state index is 6.58. The molecule has 0 amide bonds. The Kier molecular flexibility index (Phi) is 6.20. The van der Waals surface area contributed by atoms with Crippen LogP contribution in [0.1, 0.15) is 45.1 Å². The Morgan fingerprint density at radius 2 is 1.04 bits per heavy atom. The summed E-state index contributed by atoms with van der Waals surface area (Å²) in [5.74, 6) is 3.26. The molecular formula is C48H31N3O. The number of ether oxygens (including phenoxy) is 1. The van der Waals surface area contributed by atoms with Crippen LogP contribution in [0.3, 0.4) is 0 Å². The molecule has 0 aromatic heterocycles. The van der Waals surface area contributed by atoms with E-state index in [0.29, 0.717) is 5.84 Å². The zero-order valence-corrected chi connectivity index (χ0v) is 28.1. The number of benzene rings is 8. The van der Waals surface area contributed by atoms with E-state index < -0.39 is 5.41 Å². The highest BCUT2D eigenvalue weighted by molar-refractivity contribution is 6.14. The molecule has 1 N–H and O–H groups in total. The molecule has 0 saturated heterocycles. The quantitative estimate of drug-likeness (QED) is 0.204. The maximum atomic E-state index is 6.58. The van der Waals surface area contributed by atoms with Crippen LogP contribution in [0.25, 0.3) is 32.7 Å². The number of fused-ring (bicyclic) bond motifs is 11. The number of para-hydroxylation sites is 2. The summed E-state index contributed by atoms with van der Waals surface area (Å²) in [6.07, 6.45) is -0.331. The SMILES string of the molecule is c1ccc2c(c1)Oc1ccccc1C21c2ccccc2-c2ccc(C3=NC(c4ccc5ccccc5c4)=NC(c4ccc5ccccc5c4)N3)cc21. The number of nitrogens with one attached hydrogen (secondary N) is 1. The minimum Gasteiger partial charge on any atom is -0.457 e. The van der Waals surface area contributed by atoms with Gasteiger partial charge in [-0.2, -0.15) is 0 Å². The zero-order valence-electron chi connectivity index (χ0n) is 28.1. The lowest BCUT2D eigenvalue weighted by Crippen LogP contribution is -2.35. The van der Waals surface area contributed by atoms with Crippen molar-refractivity contribution in [3.05, 3.63) is 215 Å². The van der Waals surface area contributed by atoms with Gasteiger partial charge in [-0.15, -0.1) is 0 Å². The number of hydrogen-bond donors (Lipinski definition) is 1. The van der Waals surface area contributed by atoms with Crippen molar-refractivity contribution in [2.24, 2.45) is 9.98 Å². The third-order valence-corrected chi connectivity index (χ3v) is 11.0. The lowest BCUT2D eigenvalue weighted by atomic mass is 9.66. The van der Waals surface area contributed by atoms with Crippen molar-refractivity contribution in [2.45, 2.75) is 11.6 Å². The molecule has 3 aliphatic rings. The largest absolute Gasteiger partial charge is 0.457 e. The van der Waals surface area contributed by atoms with Crippen molar-refractivity contribution in [3.63, 3.8) is 0 Å². The van der Waals surface area contributed by atoms with E-state index in [0.717, 1.165) is 50.5 Å². The maximum Gasteiger partial charge on any atom is 0.159 e. The Morgan fingerprint density at radius 3 is 1.79 bits per heavy atom. The van der Waals surface area contributed by atoms with Crippen LogP contribution >= 0.6 is 0 Å². The molecule has 1 atom stereocenters. The summed E-state index contributed by atoms with van der Waals surface area (Å²) in [5, 5.41) is 8.51. The molecule has 4 heteroatoms. The fraction of sp³-hybridized carbons (Fsp3) is 0.0417. The van der Waals surface area contributed by atoms with E-state index in [1.54, 1.807) is 0 Å². The minimum absolute atomic E-state index is 0.331. The number of amidine groups is 2. The predicted molar refractivity (Wildman–Crippen MR) is 211 cm³/mol. The van der Waals surface area contributed by atoms with Crippen LogP contribution in [0.5, 0.6) is 11.5 Å². The van der Waals surface area contributed by atoms with E-state index in [-0.39, 0.29) is 6.17 Å². The van der Waals surface area contributed by atoms with Gasteiger partial charge in [0.25, 0.3) is 0 Å². The van der Waals surface area contributed by atoms with E-state index in [1.807, 2.05) is 0 Å². The van der Waals surface area contributed by atoms with E-state index in [2.05, 4.69) is 181 Å². The molecule has 0 saturated carbocycles. The lowest BCUT2D eigenvalue weighted by molar-refractivity contribution is 0.436. The molecule has 11 rings (SSSR count). The summed E-state index contributed by atoms with van der Waals surface area (Å²) in [6, 6.07) is 62.6. The number of aliphatic imine (C=N–C) groups is 2. The van der Waals surface area contributed by atoms with Crippen molar-refractivity contribution in [2.75, 3.05) is 0 Å². The first-order valence-corrected chi connectivity index (χ1v) is 17.8. The Bertz CT molecular complexity index is 2790. The van der Waals surface area contributed by atoms with Crippen molar-refractivity contribution in [3.8, 4) is 22.6 Å². The molecule has 244 valence electrons. The topological polar surface area (TPSA) is 46.0 Å². The molecule has 0 radical (unpaired) electrons. The molecule has 1 unspecified atom stereocenters. The first kappa shape index (κ1) is 29.0. The van der Waals surface area contributed by atoms with Gasteiger partial charge in [0.1, 0.15) is 23.5 Å². The van der Waals surface area contributed by atoms with E-state index in [9.17, 15) is 0 Å². The third-order valence-electron chi connectivity index (χ3n) is 11.0. The minimum atomic E-state index is -0.560. The second-order valence-corrected chi connectivity index (χ2v) is 13.8. The zero-order chi connectivity index (χ0) is 34.2. The van der Waals surface area contributed by atoms with Gasteiger partial charge < -0.3 is 10.1 Å². The highest BCUT2D eigenvalue weighted by Gasteiger charge is 2.51. The molecule has 2 aliphatic heterocycles. The monoisotopic (exact) mass is 665 g/mol. The number of nitrogens with zero attached hydrogens (tertiary/aromatic N) is 2. The summed E-state index contributed by atoms with van der Waals surface area (Å²) < 4.78 is 6.58. The fourth-order valence-corrected chi connectivity index (χ4v) is 8.60. The summed E-state index contributed by atoms with van der Waals surface area (Å²) in [7, 11) is 0. The van der Waals surface area contributed by atoms with Crippen molar-refractivity contribution in [1.29, 1.82) is 0 Å². The average Bonchev–Trinajstić information content (AvgIpc) is 3.50. The van der Waals surface area contributed by atoms with Crippen LogP contribution in [0.4, 0.5) is 0 Å². The van der Waals surface area contributed by atoms with E-state index in [4.69, 9.17) is 14.7 Å². The Balaban J connectivity index is 1.12. The van der Waals surface area contributed by atoms with Gasteiger partial charge in [0.2, 0.25) is 0 Å². The van der Waals surface area contributed by atoms with Crippen molar-refractivity contribution >= 4 is 33.2 Å². The molecule has 4 nitrogen and oxygen atoms in total. The number of hydrogen-bond acceptors (Lipinski definition) is 4. The molecule has 1 aliphatic carbocycles. The highest BCUT2D eigenvalue weighted by atomic mass is 16.5. The van der Waals surface area contributed by atoms with E-state index >= 15 is 0 Å². The second-order valence-electron chi connectivity index (χ2n) is 13.8. The Labute approximate surface area is 301 Å². The number of rotatable bonds is 3. The summed E-state index contributed by atoms with van der Waals surface area (Å²) in [5.41, 5.74) is 9.74. The van der Waals surface area contributed by atoms with Gasteiger partial charge in [-0.1, -0.05) is 146 Å². The molecule has 52 heavy (non-hydrogen) atoms. The van der Waals surface area contributed by atoms with Crippen LogP contribution in [0.15, 0.2) is 186 Å². The normalized spacial score (nSPS) is 16.2. The van der Waals surface area contributed by atoms with Gasteiger partial charge in [0, 0.05) is 22.3 Å². The van der Waals surface area contributed by atoms with Crippen LogP contribution in [-0.4, -0.2) is 11.7 Å². The molecule has 1 spiro atoms. The summed E-state index contributed by atoms with van der Waals surface area (Å²) >= 11 is 0. The summed E-state index contributed by atoms with van der Waals surface area (Å²) in [4.78, 5) is 10.6. The van der Waals surface area contributed by atoms with Crippen LogP contribution < -0.4 is 10.1 Å². The van der Waals surface area contributed by atoms with Gasteiger partial charge in [-0.25, -0.2) is 9.98 Å². The molecule has 8 aromatic carbocycles. The molecule has 0 bridgehead atoms.